The van der Waals surface area contributed by atoms with Crippen LogP contribution in [-0.2, 0) is 65.4 Å². The molecule has 0 aromatic heterocycles. The fourth-order valence-electron chi connectivity index (χ4n) is 10.6. The van der Waals surface area contributed by atoms with Gasteiger partial charge in [0, 0.05) is 25.7 Å². The van der Waals surface area contributed by atoms with E-state index in [0.717, 1.165) is 102 Å². The van der Waals surface area contributed by atoms with E-state index in [1.807, 2.05) is 0 Å². The lowest BCUT2D eigenvalue weighted by Crippen LogP contribution is -2.30. The Kier molecular flexibility index (Phi) is 60.8. The van der Waals surface area contributed by atoms with Crippen LogP contribution in [0.1, 0.15) is 356 Å². The molecule has 0 radical (unpaired) electrons. The minimum Gasteiger partial charge on any atom is -0.462 e. The first-order valence-electron chi connectivity index (χ1n) is 36.5. The summed E-state index contributed by atoms with van der Waals surface area (Å²) < 4.78 is 68.2. The smallest absolute Gasteiger partial charge is 0.462 e. The Hall–Kier alpha value is -1.94. The zero-order valence-electron chi connectivity index (χ0n) is 57.7. The van der Waals surface area contributed by atoms with E-state index in [-0.39, 0.29) is 25.7 Å². The van der Waals surface area contributed by atoms with Crippen molar-refractivity contribution in [2.45, 2.75) is 374 Å². The molecule has 0 rings (SSSR count). The van der Waals surface area contributed by atoms with Crippen molar-refractivity contribution in [2.24, 2.45) is 11.8 Å². The van der Waals surface area contributed by atoms with Gasteiger partial charge in [0.25, 0.3) is 0 Å². The van der Waals surface area contributed by atoms with Crippen LogP contribution in [0.25, 0.3) is 0 Å². The fraction of sp³-hybridized carbons (Fsp3) is 0.943. The van der Waals surface area contributed by atoms with Crippen LogP contribution in [0.5, 0.6) is 0 Å². The van der Waals surface area contributed by atoms with Crippen molar-refractivity contribution >= 4 is 39.5 Å². The predicted octanol–water partition coefficient (Wildman–Crippen LogP) is 20.0. The van der Waals surface area contributed by atoms with Crippen LogP contribution in [0.3, 0.4) is 0 Å². The van der Waals surface area contributed by atoms with Crippen molar-refractivity contribution in [3.8, 4) is 0 Å². The van der Waals surface area contributed by atoms with E-state index in [4.69, 9.17) is 37.0 Å². The minimum absolute atomic E-state index is 0.105. The minimum atomic E-state index is -4.95. The zero-order valence-corrected chi connectivity index (χ0v) is 59.5. The Morgan fingerprint density at radius 1 is 0.303 bits per heavy atom. The maximum absolute atomic E-state index is 13.0. The lowest BCUT2D eigenvalue weighted by molar-refractivity contribution is -0.161. The molecule has 0 saturated heterocycles. The van der Waals surface area contributed by atoms with Crippen molar-refractivity contribution in [1.29, 1.82) is 0 Å². The summed E-state index contributed by atoms with van der Waals surface area (Å²) in [6.45, 7) is 9.48. The first-order valence-corrected chi connectivity index (χ1v) is 39.5. The highest BCUT2D eigenvalue weighted by molar-refractivity contribution is 7.47. The molecule has 17 nitrogen and oxygen atoms in total. The van der Waals surface area contributed by atoms with Gasteiger partial charge in [0.15, 0.2) is 12.2 Å². The quantitative estimate of drug-likeness (QED) is 0.0222. The third-order valence-corrected chi connectivity index (χ3v) is 18.1. The maximum Gasteiger partial charge on any atom is 0.472 e. The van der Waals surface area contributed by atoms with Crippen LogP contribution in [0.4, 0.5) is 0 Å². The number of unbranched alkanes of at least 4 members (excludes halogenated alkanes) is 39. The fourth-order valence-corrected chi connectivity index (χ4v) is 12.2. The molecule has 0 aromatic carbocycles. The topological polar surface area (TPSA) is 237 Å². The van der Waals surface area contributed by atoms with Crippen LogP contribution in [0.15, 0.2) is 0 Å². The summed E-state index contributed by atoms with van der Waals surface area (Å²) >= 11 is 0. The molecule has 3 N–H and O–H groups in total. The van der Waals surface area contributed by atoms with Gasteiger partial charge >= 0.3 is 39.5 Å². The summed E-state index contributed by atoms with van der Waals surface area (Å²) in [5, 5.41) is 10.6. The van der Waals surface area contributed by atoms with Gasteiger partial charge < -0.3 is 33.8 Å². The molecule has 0 heterocycles. The zero-order chi connectivity index (χ0) is 65.7. The lowest BCUT2D eigenvalue weighted by atomic mass is 10.0. The molecule has 89 heavy (non-hydrogen) atoms. The van der Waals surface area contributed by atoms with Crippen LogP contribution < -0.4 is 0 Å². The number of rotatable bonds is 69. The van der Waals surface area contributed by atoms with Crippen LogP contribution >= 0.6 is 15.6 Å². The summed E-state index contributed by atoms with van der Waals surface area (Å²) in [5.74, 6) is -0.643. The Bertz CT molecular complexity index is 1730. The van der Waals surface area contributed by atoms with Gasteiger partial charge in [-0.2, -0.15) is 0 Å². The second kappa shape index (κ2) is 62.2. The van der Waals surface area contributed by atoms with E-state index in [1.54, 1.807) is 0 Å². The molecule has 0 aliphatic carbocycles. The Morgan fingerprint density at radius 3 is 0.764 bits per heavy atom. The number of hydrogen-bond donors (Lipinski definition) is 3. The summed E-state index contributed by atoms with van der Waals surface area (Å²) in [7, 11) is -9.90. The molecule has 0 aliphatic rings. The van der Waals surface area contributed by atoms with Gasteiger partial charge in [-0.05, 0) is 37.5 Å². The van der Waals surface area contributed by atoms with E-state index in [2.05, 4.69) is 41.5 Å². The monoisotopic (exact) mass is 1310 g/mol. The van der Waals surface area contributed by atoms with Crippen molar-refractivity contribution < 1.29 is 80.2 Å². The molecule has 528 valence electrons. The second-order valence-electron chi connectivity index (χ2n) is 26.2. The number of aliphatic hydroxyl groups is 1. The molecule has 0 bridgehead atoms. The van der Waals surface area contributed by atoms with Gasteiger partial charge in [0.2, 0.25) is 0 Å². The first kappa shape index (κ1) is 87.1. The molecule has 0 spiro atoms. The third-order valence-electron chi connectivity index (χ3n) is 16.2. The molecule has 0 amide bonds. The average molecular weight is 1310 g/mol. The Balaban J connectivity index is 5.21. The highest BCUT2D eigenvalue weighted by Gasteiger charge is 2.30. The summed E-state index contributed by atoms with van der Waals surface area (Å²) in [6, 6.07) is 0. The van der Waals surface area contributed by atoms with Gasteiger partial charge in [-0.15, -0.1) is 0 Å². The van der Waals surface area contributed by atoms with E-state index < -0.39 is 97.5 Å². The highest BCUT2D eigenvalue weighted by Crippen LogP contribution is 2.45. The molecule has 0 aromatic rings. The van der Waals surface area contributed by atoms with Crippen LogP contribution in [-0.4, -0.2) is 96.7 Å². The summed E-state index contributed by atoms with van der Waals surface area (Å²) in [6.07, 6.45) is 47.3. The van der Waals surface area contributed by atoms with Gasteiger partial charge in [-0.25, -0.2) is 9.13 Å². The standard InChI is InChI=1S/C70H136O17P2/c1-7-9-11-13-15-17-19-26-30-33-40-46-52-67(72)80-58-65(86-70(75)55-49-43-35-31-27-24-22-20-21-23-25-28-32-38-44-50-62(3)4)60-84-88(76,77)82-56-64(71)57-83-89(78,79)85-61-66(59-81-68(73)53-47-41-37-36-39-45-51-63(5)6)87-69(74)54-48-42-34-29-18-16-14-12-10-8-2/h62-66,71H,7-61H2,1-6H3,(H,76,77)(H,78,79)/t64-,65-,66-/m1/s1. The molecular formula is C70H136O17P2. The molecule has 0 aliphatic heterocycles. The largest absolute Gasteiger partial charge is 0.472 e. The van der Waals surface area contributed by atoms with Crippen molar-refractivity contribution in [1.82, 2.24) is 0 Å². The average Bonchev–Trinajstić information content (AvgIpc) is 3.66. The Morgan fingerprint density at radius 2 is 0.517 bits per heavy atom. The molecule has 0 fully saturated rings. The number of hydrogen-bond acceptors (Lipinski definition) is 15. The highest BCUT2D eigenvalue weighted by atomic mass is 31.2. The van der Waals surface area contributed by atoms with E-state index >= 15 is 0 Å². The SMILES string of the molecule is CCCCCCCCCCCCCCC(=O)OC[C@H](COP(=O)(O)OC[C@@H](O)COP(=O)(O)OC[C@@H](COC(=O)CCCCCCCCC(C)C)OC(=O)CCCCCCCCCCCC)OC(=O)CCCCCCCCCCCCCCCCCC(C)C. The molecule has 5 atom stereocenters. The maximum atomic E-state index is 13.0. The van der Waals surface area contributed by atoms with Gasteiger partial charge in [0.1, 0.15) is 19.3 Å². The molecule has 2 unspecified atom stereocenters. The first-order chi connectivity index (χ1) is 42.9. The van der Waals surface area contributed by atoms with Crippen LogP contribution in [0.2, 0.25) is 0 Å². The predicted molar refractivity (Wildman–Crippen MR) is 358 cm³/mol. The molecule has 0 saturated carbocycles. The van der Waals surface area contributed by atoms with Crippen molar-refractivity contribution in [3.05, 3.63) is 0 Å². The molecular weight excluding hydrogens is 1170 g/mol. The molecule has 19 heteroatoms. The number of carbonyl (C=O) groups excluding carboxylic acids is 4. The van der Waals surface area contributed by atoms with Gasteiger partial charge in [-0.1, -0.05) is 305 Å². The van der Waals surface area contributed by atoms with E-state index in [9.17, 15) is 43.2 Å². The second-order valence-corrected chi connectivity index (χ2v) is 29.1. The number of phosphoric acid groups is 2. The number of esters is 4. The van der Waals surface area contributed by atoms with E-state index in [0.29, 0.717) is 31.6 Å². The summed E-state index contributed by atoms with van der Waals surface area (Å²) in [5.41, 5.74) is 0. The lowest BCUT2D eigenvalue weighted by Gasteiger charge is -2.21. The van der Waals surface area contributed by atoms with Gasteiger partial charge in [0.05, 0.1) is 26.4 Å². The Labute approximate surface area is 543 Å². The number of carbonyl (C=O) groups is 4. The third kappa shape index (κ3) is 64.6. The van der Waals surface area contributed by atoms with Crippen molar-refractivity contribution in [2.75, 3.05) is 39.6 Å². The van der Waals surface area contributed by atoms with E-state index in [1.165, 1.54) is 167 Å². The number of aliphatic hydroxyl groups excluding tert-OH is 1. The van der Waals surface area contributed by atoms with Crippen molar-refractivity contribution in [3.63, 3.8) is 0 Å². The normalized spacial score (nSPS) is 14.1. The van der Waals surface area contributed by atoms with Gasteiger partial charge in [-0.3, -0.25) is 37.3 Å². The number of phosphoric ester groups is 2. The number of ether oxygens (including phenoxy) is 4. The van der Waals surface area contributed by atoms with Crippen LogP contribution in [0, 0.1) is 11.8 Å². The summed E-state index contributed by atoms with van der Waals surface area (Å²) in [4.78, 5) is 72.4.